The van der Waals surface area contributed by atoms with Crippen molar-refractivity contribution in [1.29, 1.82) is 0 Å². The van der Waals surface area contributed by atoms with Gasteiger partial charge in [-0.05, 0) is 33.6 Å². The highest BCUT2D eigenvalue weighted by molar-refractivity contribution is 5.69. The molecule has 5 heteroatoms. The molecule has 2 rings (SSSR count). The third-order valence-corrected chi connectivity index (χ3v) is 3.27. The average molecular weight is 242 g/mol. The lowest BCUT2D eigenvalue weighted by Gasteiger charge is -2.39. The van der Waals surface area contributed by atoms with Gasteiger partial charge in [-0.25, -0.2) is 4.79 Å². The predicted octanol–water partition coefficient (Wildman–Crippen LogP) is 1.11. The highest BCUT2D eigenvalue weighted by atomic mass is 16.6. The van der Waals surface area contributed by atoms with Gasteiger partial charge in [0, 0.05) is 12.6 Å². The number of nitrogens with zero attached hydrogens (tertiary/aromatic N) is 1. The average Bonchev–Trinajstić information content (AvgIpc) is 2.58. The molecule has 1 saturated heterocycles. The number of nitrogens with two attached hydrogens (primary N) is 1. The molecule has 0 aromatic rings. The van der Waals surface area contributed by atoms with Crippen LogP contribution in [0.4, 0.5) is 4.79 Å². The third kappa shape index (κ3) is 2.72. The molecule has 1 aliphatic carbocycles. The maximum absolute atomic E-state index is 12.1. The van der Waals surface area contributed by atoms with Gasteiger partial charge in [0.2, 0.25) is 0 Å². The predicted molar refractivity (Wildman–Crippen MR) is 63.7 cm³/mol. The van der Waals surface area contributed by atoms with Crippen molar-refractivity contribution in [2.75, 3.05) is 13.2 Å². The van der Waals surface area contributed by atoms with Crippen molar-refractivity contribution in [2.24, 2.45) is 5.73 Å². The van der Waals surface area contributed by atoms with Gasteiger partial charge in [0.05, 0.1) is 18.8 Å². The Balaban J connectivity index is 2.03. The fourth-order valence-electron chi connectivity index (χ4n) is 2.55. The van der Waals surface area contributed by atoms with Gasteiger partial charge in [-0.2, -0.15) is 0 Å². The first-order valence-corrected chi connectivity index (χ1v) is 6.25. The summed E-state index contributed by atoms with van der Waals surface area (Å²) < 4.78 is 11.1. The highest BCUT2D eigenvalue weighted by Crippen LogP contribution is 2.30. The number of carbonyl (C=O) groups is 1. The summed E-state index contributed by atoms with van der Waals surface area (Å²) in [5.41, 5.74) is 5.52. The van der Waals surface area contributed by atoms with E-state index in [1.54, 1.807) is 4.90 Å². The van der Waals surface area contributed by atoms with Crippen LogP contribution in [0, 0.1) is 0 Å². The number of morpholine rings is 1. The van der Waals surface area contributed by atoms with Crippen molar-refractivity contribution in [1.82, 2.24) is 4.90 Å². The number of ether oxygens (including phenoxy) is 2. The topological polar surface area (TPSA) is 64.8 Å². The van der Waals surface area contributed by atoms with Crippen LogP contribution in [-0.4, -0.2) is 47.9 Å². The lowest BCUT2D eigenvalue weighted by molar-refractivity contribution is -0.0676. The first-order chi connectivity index (χ1) is 7.88. The van der Waals surface area contributed by atoms with Crippen molar-refractivity contribution >= 4 is 6.09 Å². The lowest BCUT2D eigenvalue weighted by Crippen LogP contribution is -2.55. The van der Waals surface area contributed by atoms with E-state index in [0.29, 0.717) is 13.2 Å². The SMILES string of the molecule is CC(C)(C)OC(=O)N1CCO[C@@H]2[C@H](N)CC[C@H]21. The summed E-state index contributed by atoms with van der Waals surface area (Å²) in [4.78, 5) is 13.9. The Morgan fingerprint density at radius 2 is 2.12 bits per heavy atom. The molecule has 2 N–H and O–H groups in total. The Kier molecular flexibility index (Phi) is 3.32. The van der Waals surface area contributed by atoms with E-state index in [1.165, 1.54) is 0 Å². The van der Waals surface area contributed by atoms with Gasteiger partial charge in [-0.1, -0.05) is 0 Å². The maximum Gasteiger partial charge on any atom is 0.410 e. The molecule has 0 spiro atoms. The quantitative estimate of drug-likeness (QED) is 0.691. The molecule has 3 atom stereocenters. The van der Waals surface area contributed by atoms with Crippen LogP contribution >= 0.6 is 0 Å². The zero-order chi connectivity index (χ0) is 12.6. The molecule has 2 fully saturated rings. The minimum atomic E-state index is -0.453. The minimum Gasteiger partial charge on any atom is -0.444 e. The van der Waals surface area contributed by atoms with Gasteiger partial charge >= 0.3 is 6.09 Å². The van der Waals surface area contributed by atoms with E-state index in [-0.39, 0.29) is 24.3 Å². The Bertz CT molecular complexity index is 301. The molecule has 1 aliphatic heterocycles. The third-order valence-electron chi connectivity index (χ3n) is 3.27. The molecular weight excluding hydrogens is 220 g/mol. The molecule has 0 aromatic heterocycles. The molecule has 17 heavy (non-hydrogen) atoms. The molecule has 2 aliphatic rings. The fourth-order valence-corrected chi connectivity index (χ4v) is 2.55. The highest BCUT2D eigenvalue weighted by Gasteiger charge is 2.44. The van der Waals surface area contributed by atoms with Crippen molar-refractivity contribution < 1.29 is 14.3 Å². The fraction of sp³-hybridized carbons (Fsp3) is 0.917. The summed E-state index contributed by atoms with van der Waals surface area (Å²) >= 11 is 0. The van der Waals surface area contributed by atoms with Crippen LogP contribution in [0.2, 0.25) is 0 Å². The monoisotopic (exact) mass is 242 g/mol. The van der Waals surface area contributed by atoms with Crippen molar-refractivity contribution in [2.45, 2.75) is 57.4 Å². The number of rotatable bonds is 0. The van der Waals surface area contributed by atoms with E-state index >= 15 is 0 Å². The van der Waals surface area contributed by atoms with Crippen LogP contribution in [0.1, 0.15) is 33.6 Å². The van der Waals surface area contributed by atoms with Gasteiger partial charge in [-0.15, -0.1) is 0 Å². The molecule has 5 nitrogen and oxygen atoms in total. The van der Waals surface area contributed by atoms with Gasteiger partial charge < -0.3 is 20.1 Å². The zero-order valence-corrected chi connectivity index (χ0v) is 10.8. The van der Waals surface area contributed by atoms with E-state index < -0.39 is 5.60 Å². The van der Waals surface area contributed by atoms with Crippen LogP contribution in [-0.2, 0) is 9.47 Å². The standard InChI is InChI=1S/C12H22N2O3/c1-12(2,3)17-11(15)14-6-7-16-10-8(13)4-5-9(10)14/h8-10H,4-7,13H2,1-3H3/t8-,9-,10-/m1/s1. The van der Waals surface area contributed by atoms with Crippen LogP contribution in [0.15, 0.2) is 0 Å². The first-order valence-electron chi connectivity index (χ1n) is 6.25. The Morgan fingerprint density at radius 1 is 1.41 bits per heavy atom. The second-order valence-corrected chi connectivity index (χ2v) is 5.82. The zero-order valence-electron chi connectivity index (χ0n) is 10.8. The smallest absolute Gasteiger partial charge is 0.410 e. The number of hydrogen-bond acceptors (Lipinski definition) is 4. The van der Waals surface area contributed by atoms with Crippen LogP contribution in [0.5, 0.6) is 0 Å². The van der Waals surface area contributed by atoms with Gasteiger partial charge in [0.1, 0.15) is 5.60 Å². The van der Waals surface area contributed by atoms with E-state index in [0.717, 1.165) is 12.8 Å². The lowest BCUT2D eigenvalue weighted by atomic mass is 10.1. The van der Waals surface area contributed by atoms with Crippen LogP contribution < -0.4 is 5.73 Å². The second kappa shape index (κ2) is 4.46. The number of hydrogen-bond donors (Lipinski definition) is 1. The summed E-state index contributed by atoms with van der Waals surface area (Å²) in [6.45, 7) is 6.78. The van der Waals surface area contributed by atoms with E-state index in [1.807, 2.05) is 20.8 Å². The Hall–Kier alpha value is -0.810. The molecule has 1 amide bonds. The molecule has 0 aromatic carbocycles. The van der Waals surface area contributed by atoms with E-state index in [4.69, 9.17) is 15.2 Å². The summed E-state index contributed by atoms with van der Waals surface area (Å²) in [5, 5.41) is 0. The summed E-state index contributed by atoms with van der Waals surface area (Å²) in [6, 6.07) is 0.138. The van der Waals surface area contributed by atoms with Gasteiger partial charge in [-0.3, -0.25) is 0 Å². The van der Waals surface area contributed by atoms with Gasteiger partial charge in [0.25, 0.3) is 0 Å². The number of amides is 1. The van der Waals surface area contributed by atoms with E-state index in [2.05, 4.69) is 0 Å². The number of carbonyl (C=O) groups excluding carboxylic acids is 1. The Morgan fingerprint density at radius 3 is 2.76 bits per heavy atom. The summed E-state index contributed by atoms with van der Waals surface area (Å²) in [7, 11) is 0. The second-order valence-electron chi connectivity index (χ2n) is 5.82. The molecule has 0 unspecified atom stereocenters. The Labute approximate surface area is 102 Å². The number of fused-ring (bicyclic) bond motifs is 1. The molecule has 1 heterocycles. The van der Waals surface area contributed by atoms with Crippen molar-refractivity contribution in [3.8, 4) is 0 Å². The van der Waals surface area contributed by atoms with Crippen LogP contribution in [0.3, 0.4) is 0 Å². The maximum atomic E-state index is 12.1. The van der Waals surface area contributed by atoms with E-state index in [9.17, 15) is 4.79 Å². The minimum absolute atomic E-state index is 0.0173. The largest absolute Gasteiger partial charge is 0.444 e. The summed E-state index contributed by atoms with van der Waals surface area (Å²) in [6.07, 6.45) is 1.56. The van der Waals surface area contributed by atoms with Gasteiger partial charge in [0.15, 0.2) is 0 Å². The van der Waals surface area contributed by atoms with Crippen molar-refractivity contribution in [3.63, 3.8) is 0 Å². The molecular formula is C12H22N2O3. The normalized spacial score (nSPS) is 33.4. The molecule has 0 radical (unpaired) electrons. The molecule has 1 saturated carbocycles. The van der Waals surface area contributed by atoms with Crippen LogP contribution in [0.25, 0.3) is 0 Å². The first kappa shape index (κ1) is 12.6. The van der Waals surface area contributed by atoms with Crippen molar-refractivity contribution in [3.05, 3.63) is 0 Å². The summed E-state index contributed by atoms with van der Waals surface area (Å²) in [5.74, 6) is 0. The molecule has 0 bridgehead atoms. The molecule has 98 valence electrons.